The van der Waals surface area contributed by atoms with Gasteiger partial charge < -0.3 is 10.1 Å². The molecule has 0 bridgehead atoms. The minimum absolute atomic E-state index is 0.0526. The van der Waals surface area contributed by atoms with Crippen molar-refractivity contribution in [2.24, 2.45) is 0 Å². The molecule has 4 aromatic carbocycles. The number of nitrogens with one attached hydrogen (secondary N) is 1. The molecule has 0 spiro atoms. The zero-order valence-electron chi connectivity index (χ0n) is 20.2. The number of aryl methyl sites for hydroxylation is 1. The van der Waals surface area contributed by atoms with E-state index in [1.165, 1.54) is 24.3 Å². The Morgan fingerprint density at radius 3 is 2.21 bits per heavy atom. The van der Waals surface area contributed by atoms with E-state index in [0.717, 1.165) is 9.87 Å². The third-order valence-electron chi connectivity index (χ3n) is 5.53. The molecular weight excluding hydrogens is 567 g/mol. The topological polar surface area (TPSA) is 75.7 Å². The molecule has 1 amide bonds. The summed E-state index contributed by atoms with van der Waals surface area (Å²) in [5.41, 5.74) is 1.69. The minimum Gasteiger partial charge on any atom is -0.455 e. The van der Waals surface area contributed by atoms with Crippen LogP contribution in [0.1, 0.15) is 11.1 Å². The molecule has 0 saturated carbocycles. The summed E-state index contributed by atoms with van der Waals surface area (Å²) in [4.78, 5) is 13.3. The minimum atomic E-state index is -4.07. The van der Waals surface area contributed by atoms with Gasteiger partial charge in [0.2, 0.25) is 15.9 Å². The lowest BCUT2D eigenvalue weighted by atomic mass is 10.2. The van der Waals surface area contributed by atoms with Gasteiger partial charge in [0, 0.05) is 21.6 Å². The zero-order chi connectivity index (χ0) is 27.3. The Kier molecular flexibility index (Phi) is 8.97. The summed E-state index contributed by atoms with van der Waals surface area (Å²) in [6.45, 7) is 1.21. The van der Waals surface area contributed by atoms with Gasteiger partial charge in [0.1, 0.15) is 5.75 Å². The maximum absolute atomic E-state index is 13.6. The molecule has 0 heterocycles. The lowest BCUT2D eigenvalue weighted by molar-refractivity contribution is -0.116. The average molecular weight is 590 g/mol. The number of nitrogens with zero attached hydrogens (tertiary/aromatic N) is 1. The van der Waals surface area contributed by atoms with Crippen LogP contribution in [0.25, 0.3) is 0 Å². The van der Waals surface area contributed by atoms with Crippen LogP contribution >= 0.6 is 34.8 Å². The van der Waals surface area contributed by atoms with Crippen molar-refractivity contribution in [3.05, 3.63) is 117 Å². The van der Waals surface area contributed by atoms with E-state index in [4.69, 9.17) is 39.5 Å². The van der Waals surface area contributed by atoms with Crippen molar-refractivity contribution in [3.8, 4) is 11.5 Å². The van der Waals surface area contributed by atoms with E-state index in [0.29, 0.717) is 32.8 Å². The fraction of sp³-hybridized carbons (Fsp3) is 0.107. The van der Waals surface area contributed by atoms with Gasteiger partial charge in [-0.15, -0.1) is 0 Å². The Hall–Kier alpha value is -3.07. The second kappa shape index (κ2) is 12.2. The Balaban J connectivity index is 1.62. The van der Waals surface area contributed by atoms with Crippen LogP contribution in [0.5, 0.6) is 11.5 Å². The number of carbonyl (C=O) groups excluding carboxylic acids is 1. The van der Waals surface area contributed by atoms with Crippen molar-refractivity contribution in [2.75, 3.05) is 11.9 Å². The van der Waals surface area contributed by atoms with Crippen LogP contribution in [0.4, 0.5) is 5.69 Å². The van der Waals surface area contributed by atoms with Crippen LogP contribution < -0.4 is 10.1 Å². The fourth-order valence-electron chi connectivity index (χ4n) is 3.58. The molecule has 0 atom stereocenters. The van der Waals surface area contributed by atoms with Crippen molar-refractivity contribution in [2.45, 2.75) is 18.4 Å². The molecule has 196 valence electrons. The number of sulfonamides is 1. The first kappa shape index (κ1) is 28.0. The number of benzene rings is 4. The molecule has 4 rings (SSSR count). The molecule has 0 fully saturated rings. The van der Waals surface area contributed by atoms with Gasteiger partial charge in [-0.3, -0.25) is 4.79 Å². The molecule has 0 radical (unpaired) electrons. The molecule has 6 nitrogen and oxygen atoms in total. The van der Waals surface area contributed by atoms with Gasteiger partial charge in [0.05, 0.1) is 17.1 Å². The third kappa shape index (κ3) is 7.07. The van der Waals surface area contributed by atoms with Gasteiger partial charge in [0.25, 0.3) is 0 Å². The van der Waals surface area contributed by atoms with E-state index >= 15 is 0 Å². The molecule has 0 aliphatic rings. The molecule has 0 saturated heterocycles. The standard InChI is InChI=1S/C28H23Cl3N2O4S/c1-19-7-12-24(13-8-19)38(35,36)33(17-20-9-10-21(29)15-25(20)31)18-28(34)32-26-16-22(30)11-14-27(26)37-23-5-3-2-4-6-23/h2-16H,17-18H2,1H3,(H,32,34). The van der Waals surface area contributed by atoms with E-state index in [-0.39, 0.29) is 16.5 Å². The highest BCUT2D eigenvalue weighted by atomic mass is 35.5. The maximum Gasteiger partial charge on any atom is 0.243 e. The summed E-state index contributed by atoms with van der Waals surface area (Å²) in [6, 6.07) is 25.0. The number of ether oxygens (including phenoxy) is 1. The first-order valence-corrected chi connectivity index (χ1v) is 14.0. The Labute approximate surface area is 236 Å². The second-order valence-corrected chi connectivity index (χ2v) is 11.6. The molecule has 4 aromatic rings. The SMILES string of the molecule is Cc1ccc(S(=O)(=O)N(CC(=O)Nc2cc(Cl)ccc2Oc2ccccc2)Cc2ccc(Cl)cc2Cl)cc1. The lowest BCUT2D eigenvalue weighted by Crippen LogP contribution is -2.37. The van der Waals surface area contributed by atoms with E-state index in [1.54, 1.807) is 48.5 Å². The second-order valence-electron chi connectivity index (χ2n) is 8.43. The molecule has 10 heteroatoms. The predicted octanol–water partition coefficient (Wildman–Crippen LogP) is 7.58. The quantitative estimate of drug-likeness (QED) is 0.218. The van der Waals surface area contributed by atoms with Crippen LogP contribution in [0.3, 0.4) is 0 Å². The van der Waals surface area contributed by atoms with Gasteiger partial charge in [-0.2, -0.15) is 4.31 Å². The van der Waals surface area contributed by atoms with Gasteiger partial charge in [-0.25, -0.2) is 8.42 Å². The van der Waals surface area contributed by atoms with Crippen LogP contribution in [-0.2, 0) is 21.4 Å². The van der Waals surface area contributed by atoms with Crippen LogP contribution in [0.15, 0.2) is 95.9 Å². The smallest absolute Gasteiger partial charge is 0.243 e. The first-order valence-electron chi connectivity index (χ1n) is 11.4. The van der Waals surface area contributed by atoms with E-state index in [1.807, 2.05) is 25.1 Å². The highest BCUT2D eigenvalue weighted by Gasteiger charge is 2.28. The third-order valence-corrected chi connectivity index (χ3v) is 8.16. The summed E-state index contributed by atoms with van der Waals surface area (Å²) in [5.74, 6) is 0.319. The number of anilines is 1. The van der Waals surface area contributed by atoms with E-state index in [2.05, 4.69) is 5.32 Å². The number of halogens is 3. The predicted molar refractivity (Wildman–Crippen MR) is 152 cm³/mol. The van der Waals surface area contributed by atoms with E-state index < -0.39 is 22.5 Å². The lowest BCUT2D eigenvalue weighted by Gasteiger charge is -2.23. The number of hydrogen-bond donors (Lipinski definition) is 1. The highest BCUT2D eigenvalue weighted by Crippen LogP contribution is 2.32. The zero-order valence-corrected chi connectivity index (χ0v) is 23.3. The Morgan fingerprint density at radius 1 is 0.868 bits per heavy atom. The van der Waals surface area contributed by atoms with E-state index in [9.17, 15) is 13.2 Å². The van der Waals surface area contributed by atoms with Crippen molar-refractivity contribution in [3.63, 3.8) is 0 Å². The molecular formula is C28H23Cl3N2O4S. The molecule has 38 heavy (non-hydrogen) atoms. The first-order chi connectivity index (χ1) is 18.1. The summed E-state index contributed by atoms with van der Waals surface area (Å²) in [5, 5.41) is 3.81. The van der Waals surface area contributed by atoms with Gasteiger partial charge in [0.15, 0.2) is 5.75 Å². The molecule has 0 unspecified atom stereocenters. The number of carbonyl (C=O) groups is 1. The maximum atomic E-state index is 13.6. The number of amides is 1. The Morgan fingerprint density at radius 2 is 1.53 bits per heavy atom. The van der Waals surface area contributed by atoms with Crippen molar-refractivity contribution >= 4 is 56.4 Å². The molecule has 0 aliphatic carbocycles. The van der Waals surface area contributed by atoms with Gasteiger partial charge in [-0.05, 0) is 67.1 Å². The Bertz CT molecular complexity index is 1550. The highest BCUT2D eigenvalue weighted by molar-refractivity contribution is 7.89. The van der Waals surface area contributed by atoms with Crippen LogP contribution in [0, 0.1) is 6.92 Å². The number of para-hydroxylation sites is 1. The van der Waals surface area contributed by atoms with Crippen LogP contribution in [-0.4, -0.2) is 25.2 Å². The fourth-order valence-corrected chi connectivity index (χ4v) is 5.59. The van der Waals surface area contributed by atoms with Crippen molar-refractivity contribution < 1.29 is 17.9 Å². The largest absolute Gasteiger partial charge is 0.455 e. The monoisotopic (exact) mass is 588 g/mol. The van der Waals surface area contributed by atoms with Crippen molar-refractivity contribution in [1.82, 2.24) is 4.31 Å². The summed E-state index contributed by atoms with van der Waals surface area (Å²) in [6.07, 6.45) is 0. The van der Waals surface area contributed by atoms with Crippen molar-refractivity contribution in [1.29, 1.82) is 0 Å². The average Bonchev–Trinajstić information content (AvgIpc) is 2.87. The summed E-state index contributed by atoms with van der Waals surface area (Å²) in [7, 11) is -4.07. The van der Waals surface area contributed by atoms with Crippen LogP contribution in [0.2, 0.25) is 15.1 Å². The molecule has 0 aliphatic heterocycles. The van der Waals surface area contributed by atoms with Gasteiger partial charge >= 0.3 is 0 Å². The summed E-state index contributed by atoms with van der Waals surface area (Å²) < 4.78 is 34.2. The normalized spacial score (nSPS) is 11.4. The number of rotatable bonds is 9. The molecule has 1 N–H and O–H groups in total. The number of hydrogen-bond acceptors (Lipinski definition) is 4. The molecule has 0 aromatic heterocycles. The van der Waals surface area contributed by atoms with Gasteiger partial charge in [-0.1, -0.05) is 76.8 Å². The summed E-state index contributed by atoms with van der Waals surface area (Å²) >= 11 is 18.5.